The Hall–Kier alpha value is -3.59. The standard InChI is InChI=1S/C21H17F2N7.ClH/c1-2-30-19-6-4-15(29-12-25-26-13-29)10-18(19)27-20(30)11-28-8-7-24-21(28)16-9-14(22)3-5-17(16)23;/h3-10,12-13H,2,11H2,1H3;1H. The van der Waals surface area contributed by atoms with Gasteiger partial charge in [0, 0.05) is 18.9 Å². The summed E-state index contributed by atoms with van der Waals surface area (Å²) in [6.07, 6.45) is 6.57. The Balaban J connectivity index is 0.00000231. The normalized spacial score (nSPS) is 11.1. The Morgan fingerprint density at radius 2 is 1.81 bits per heavy atom. The molecule has 0 unspecified atom stereocenters. The lowest BCUT2D eigenvalue weighted by Crippen LogP contribution is -2.09. The molecule has 0 aliphatic carbocycles. The monoisotopic (exact) mass is 441 g/mol. The average molecular weight is 442 g/mol. The summed E-state index contributed by atoms with van der Waals surface area (Å²) in [5.41, 5.74) is 2.85. The van der Waals surface area contributed by atoms with Gasteiger partial charge >= 0.3 is 0 Å². The van der Waals surface area contributed by atoms with Crippen LogP contribution in [0.25, 0.3) is 28.1 Å². The lowest BCUT2D eigenvalue weighted by Gasteiger charge is -2.10. The minimum Gasteiger partial charge on any atom is -0.327 e. The molecule has 0 amide bonds. The highest BCUT2D eigenvalue weighted by molar-refractivity contribution is 5.85. The molecule has 7 nitrogen and oxygen atoms in total. The first kappa shape index (κ1) is 20.7. The third-order valence-electron chi connectivity index (χ3n) is 5.04. The fraction of sp³-hybridized carbons (Fsp3) is 0.143. The van der Waals surface area contributed by atoms with E-state index in [1.165, 1.54) is 0 Å². The van der Waals surface area contributed by atoms with Crippen molar-refractivity contribution in [3.63, 3.8) is 0 Å². The van der Waals surface area contributed by atoms with Gasteiger partial charge in [-0.05, 0) is 43.3 Å². The lowest BCUT2D eigenvalue weighted by atomic mass is 10.2. The maximum Gasteiger partial charge on any atom is 0.143 e. The van der Waals surface area contributed by atoms with Gasteiger partial charge in [-0.25, -0.2) is 18.7 Å². The predicted molar refractivity (Wildman–Crippen MR) is 114 cm³/mol. The Morgan fingerprint density at radius 1 is 1.00 bits per heavy atom. The zero-order valence-corrected chi connectivity index (χ0v) is 17.3. The first-order valence-electron chi connectivity index (χ1n) is 9.44. The van der Waals surface area contributed by atoms with Crippen molar-refractivity contribution in [2.24, 2.45) is 0 Å². The number of hydrogen-bond acceptors (Lipinski definition) is 4. The van der Waals surface area contributed by atoms with Crippen molar-refractivity contribution in [2.45, 2.75) is 20.0 Å². The highest BCUT2D eigenvalue weighted by atomic mass is 35.5. The van der Waals surface area contributed by atoms with Gasteiger partial charge in [0.25, 0.3) is 0 Å². The number of nitrogens with zero attached hydrogens (tertiary/aromatic N) is 7. The van der Waals surface area contributed by atoms with Crippen LogP contribution in [0.5, 0.6) is 0 Å². The molecule has 0 radical (unpaired) electrons. The maximum absolute atomic E-state index is 14.3. The van der Waals surface area contributed by atoms with Crippen molar-refractivity contribution in [3.05, 3.63) is 78.9 Å². The Labute approximate surface area is 182 Å². The average Bonchev–Trinajstić information content (AvgIpc) is 3.49. The van der Waals surface area contributed by atoms with Crippen molar-refractivity contribution in [2.75, 3.05) is 0 Å². The lowest BCUT2D eigenvalue weighted by molar-refractivity contribution is 0.599. The molecule has 0 bridgehead atoms. The highest BCUT2D eigenvalue weighted by Crippen LogP contribution is 2.25. The molecule has 0 spiro atoms. The van der Waals surface area contributed by atoms with E-state index < -0.39 is 11.6 Å². The zero-order chi connectivity index (χ0) is 20.7. The summed E-state index contributed by atoms with van der Waals surface area (Å²) < 4.78 is 33.6. The quantitative estimate of drug-likeness (QED) is 0.409. The second kappa shape index (κ2) is 8.27. The highest BCUT2D eigenvalue weighted by Gasteiger charge is 2.16. The molecule has 3 aromatic heterocycles. The van der Waals surface area contributed by atoms with E-state index >= 15 is 0 Å². The molecule has 158 valence electrons. The van der Waals surface area contributed by atoms with Gasteiger partial charge in [-0.2, -0.15) is 0 Å². The summed E-state index contributed by atoms with van der Waals surface area (Å²) in [6.45, 7) is 3.13. The van der Waals surface area contributed by atoms with Crippen LogP contribution in [-0.4, -0.2) is 33.9 Å². The fourth-order valence-corrected chi connectivity index (χ4v) is 3.64. The number of fused-ring (bicyclic) bond motifs is 1. The summed E-state index contributed by atoms with van der Waals surface area (Å²) in [5, 5.41) is 7.68. The molecule has 0 aliphatic heterocycles. The number of aromatic nitrogens is 7. The predicted octanol–water partition coefficient (Wildman–Crippen LogP) is 4.25. The van der Waals surface area contributed by atoms with Crippen LogP contribution in [0.3, 0.4) is 0 Å². The number of imidazole rings is 2. The topological polar surface area (TPSA) is 66.3 Å². The Bertz CT molecular complexity index is 1340. The van der Waals surface area contributed by atoms with E-state index in [2.05, 4.69) is 19.7 Å². The minimum absolute atomic E-state index is 0. The van der Waals surface area contributed by atoms with Crippen LogP contribution in [0.4, 0.5) is 8.78 Å². The molecule has 0 saturated heterocycles. The van der Waals surface area contributed by atoms with Crippen LogP contribution in [0.2, 0.25) is 0 Å². The second-order valence-electron chi connectivity index (χ2n) is 6.82. The maximum atomic E-state index is 14.3. The number of halogens is 3. The number of rotatable bonds is 5. The van der Waals surface area contributed by atoms with Gasteiger partial charge in [-0.1, -0.05) is 0 Å². The third-order valence-corrected chi connectivity index (χ3v) is 5.04. The van der Waals surface area contributed by atoms with Crippen LogP contribution in [0.1, 0.15) is 12.7 Å². The first-order chi connectivity index (χ1) is 14.6. The summed E-state index contributed by atoms with van der Waals surface area (Å²) in [7, 11) is 0. The van der Waals surface area contributed by atoms with Crippen LogP contribution in [-0.2, 0) is 13.1 Å². The van der Waals surface area contributed by atoms with Crippen molar-refractivity contribution < 1.29 is 8.78 Å². The summed E-state index contributed by atoms with van der Waals surface area (Å²) in [5.74, 6) is 0.117. The zero-order valence-electron chi connectivity index (χ0n) is 16.5. The van der Waals surface area contributed by atoms with E-state index in [0.29, 0.717) is 12.4 Å². The summed E-state index contributed by atoms with van der Waals surface area (Å²) in [4.78, 5) is 9.04. The molecule has 2 aromatic carbocycles. The van der Waals surface area contributed by atoms with Gasteiger partial charge in [0.05, 0.1) is 28.8 Å². The van der Waals surface area contributed by atoms with Crippen LogP contribution < -0.4 is 0 Å². The minimum atomic E-state index is -0.522. The Morgan fingerprint density at radius 3 is 2.58 bits per heavy atom. The molecule has 31 heavy (non-hydrogen) atoms. The number of hydrogen-bond donors (Lipinski definition) is 0. The molecule has 3 heterocycles. The summed E-state index contributed by atoms with van der Waals surface area (Å²) in [6, 6.07) is 9.31. The molecule has 0 N–H and O–H groups in total. The van der Waals surface area contributed by atoms with Crippen LogP contribution in [0.15, 0.2) is 61.4 Å². The van der Waals surface area contributed by atoms with Gasteiger partial charge in [-0.3, -0.25) is 4.57 Å². The molecule has 5 aromatic rings. The second-order valence-corrected chi connectivity index (χ2v) is 6.82. The number of aryl methyl sites for hydroxylation is 1. The van der Waals surface area contributed by atoms with Crippen LogP contribution in [0, 0.1) is 11.6 Å². The molecule has 0 fully saturated rings. The Kier molecular flexibility index (Phi) is 5.51. The molecule has 0 atom stereocenters. The van der Waals surface area contributed by atoms with Crippen molar-refractivity contribution in [3.8, 4) is 17.1 Å². The van der Waals surface area contributed by atoms with E-state index in [0.717, 1.165) is 47.3 Å². The van der Waals surface area contributed by atoms with E-state index in [4.69, 9.17) is 4.98 Å². The van der Waals surface area contributed by atoms with Gasteiger partial charge in [0.1, 0.15) is 35.9 Å². The van der Waals surface area contributed by atoms with Gasteiger partial charge in [0.2, 0.25) is 0 Å². The molecule has 5 rings (SSSR count). The number of benzene rings is 2. The first-order valence-corrected chi connectivity index (χ1v) is 9.44. The third kappa shape index (κ3) is 3.68. The van der Waals surface area contributed by atoms with E-state index in [1.54, 1.807) is 29.6 Å². The van der Waals surface area contributed by atoms with E-state index in [-0.39, 0.29) is 18.0 Å². The van der Waals surface area contributed by atoms with Crippen molar-refractivity contribution in [1.29, 1.82) is 0 Å². The summed E-state index contributed by atoms with van der Waals surface area (Å²) >= 11 is 0. The van der Waals surface area contributed by atoms with E-state index in [9.17, 15) is 8.78 Å². The molecule has 10 heteroatoms. The smallest absolute Gasteiger partial charge is 0.143 e. The van der Waals surface area contributed by atoms with Crippen molar-refractivity contribution in [1.82, 2.24) is 33.9 Å². The molecular formula is C21H18ClF2N7. The molecular weight excluding hydrogens is 424 g/mol. The van der Waals surface area contributed by atoms with Crippen LogP contribution >= 0.6 is 12.4 Å². The molecule has 0 saturated carbocycles. The SMILES string of the molecule is CCn1c(Cn2ccnc2-c2cc(F)ccc2F)nc2cc(-n3cnnc3)ccc21.Cl. The van der Waals surface area contributed by atoms with Gasteiger partial charge < -0.3 is 9.13 Å². The van der Waals surface area contributed by atoms with Gasteiger partial charge in [-0.15, -0.1) is 22.6 Å². The van der Waals surface area contributed by atoms with Gasteiger partial charge in [0.15, 0.2) is 0 Å². The fourth-order valence-electron chi connectivity index (χ4n) is 3.64. The van der Waals surface area contributed by atoms with E-state index in [1.807, 2.05) is 29.7 Å². The molecule has 0 aliphatic rings. The van der Waals surface area contributed by atoms with Crippen molar-refractivity contribution >= 4 is 23.4 Å². The largest absolute Gasteiger partial charge is 0.327 e.